The summed E-state index contributed by atoms with van der Waals surface area (Å²) in [7, 11) is 0. The van der Waals surface area contributed by atoms with Crippen LogP contribution < -0.4 is 5.73 Å². The number of aliphatic hydroxyl groups excluding tert-OH is 1. The molecule has 0 saturated carbocycles. The Morgan fingerprint density at radius 1 is 1.67 bits per heavy atom. The maximum atomic E-state index is 8.74. The quantitative estimate of drug-likeness (QED) is 0.604. The summed E-state index contributed by atoms with van der Waals surface area (Å²) < 4.78 is 0. The number of pyridine rings is 1. The molecule has 0 unspecified atom stereocenters. The second-order valence-corrected chi connectivity index (χ2v) is 2.38. The fraction of sp³-hybridized carbons (Fsp3) is 0.222. The highest BCUT2D eigenvalue weighted by molar-refractivity contribution is 5.26. The van der Waals surface area contributed by atoms with Gasteiger partial charge in [0.1, 0.15) is 5.69 Å². The molecule has 0 aliphatic rings. The molecule has 0 spiro atoms. The zero-order valence-corrected chi connectivity index (χ0v) is 6.57. The first-order valence-electron chi connectivity index (χ1n) is 3.58. The molecule has 1 aromatic rings. The number of nitrogens with zero attached hydrogens (tertiary/aromatic N) is 1. The van der Waals surface area contributed by atoms with Crippen LogP contribution in [-0.4, -0.2) is 16.7 Å². The smallest absolute Gasteiger partial charge is 0.113 e. The van der Waals surface area contributed by atoms with Gasteiger partial charge in [-0.15, -0.1) is 6.42 Å². The lowest BCUT2D eigenvalue weighted by atomic mass is 10.2. The normalized spacial score (nSPS) is 12.1. The minimum absolute atomic E-state index is 0.124. The van der Waals surface area contributed by atoms with Crippen molar-refractivity contribution in [3.05, 3.63) is 29.6 Å². The number of nitrogens with two attached hydrogens (primary N) is 1. The van der Waals surface area contributed by atoms with E-state index in [0.717, 1.165) is 0 Å². The van der Waals surface area contributed by atoms with Crippen molar-refractivity contribution in [2.75, 3.05) is 6.61 Å². The first-order chi connectivity index (χ1) is 5.77. The number of rotatable bonds is 2. The average molecular weight is 162 g/mol. The Labute approximate surface area is 71.2 Å². The third-order valence-electron chi connectivity index (χ3n) is 1.50. The van der Waals surface area contributed by atoms with Crippen LogP contribution in [-0.2, 0) is 0 Å². The van der Waals surface area contributed by atoms with Crippen LogP contribution in [0.15, 0.2) is 18.2 Å². The van der Waals surface area contributed by atoms with Crippen LogP contribution in [0.25, 0.3) is 0 Å². The van der Waals surface area contributed by atoms with Gasteiger partial charge in [0.15, 0.2) is 0 Å². The minimum Gasteiger partial charge on any atom is -0.394 e. The summed E-state index contributed by atoms with van der Waals surface area (Å²) in [6.45, 7) is -0.124. The maximum Gasteiger partial charge on any atom is 0.113 e. The standard InChI is InChI=1S/C9H10N2O/c1-2-7-4-3-5-9(11-7)8(10)6-12/h1,3-5,8,12H,6,10H2/t8-/m0/s1. The van der Waals surface area contributed by atoms with Crippen molar-refractivity contribution in [1.82, 2.24) is 4.98 Å². The molecule has 3 heteroatoms. The van der Waals surface area contributed by atoms with Crippen molar-refractivity contribution >= 4 is 0 Å². The molecule has 0 bridgehead atoms. The number of terminal acetylenes is 1. The second-order valence-electron chi connectivity index (χ2n) is 2.38. The molecule has 62 valence electrons. The summed E-state index contributed by atoms with van der Waals surface area (Å²) in [5.41, 5.74) is 6.69. The van der Waals surface area contributed by atoms with Crippen LogP contribution in [0.3, 0.4) is 0 Å². The van der Waals surface area contributed by atoms with Crippen molar-refractivity contribution in [2.24, 2.45) is 5.73 Å². The fourth-order valence-corrected chi connectivity index (χ4v) is 0.832. The molecule has 0 amide bonds. The zero-order chi connectivity index (χ0) is 8.97. The SMILES string of the molecule is C#Cc1cccc([C@@H](N)CO)n1. The Morgan fingerprint density at radius 2 is 2.42 bits per heavy atom. The molecule has 1 heterocycles. The van der Waals surface area contributed by atoms with E-state index in [9.17, 15) is 0 Å². The molecule has 3 nitrogen and oxygen atoms in total. The van der Waals surface area contributed by atoms with Gasteiger partial charge in [0, 0.05) is 0 Å². The lowest BCUT2D eigenvalue weighted by molar-refractivity contribution is 0.266. The van der Waals surface area contributed by atoms with Gasteiger partial charge in [-0.25, -0.2) is 4.98 Å². The van der Waals surface area contributed by atoms with E-state index in [2.05, 4.69) is 10.9 Å². The van der Waals surface area contributed by atoms with Crippen molar-refractivity contribution in [1.29, 1.82) is 0 Å². The average Bonchev–Trinajstić information content (AvgIpc) is 2.17. The monoisotopic (exact) mass is 162 g/mol. The summed E-state index contributed by atoms with van der Waals surface area (Å²) >= 11 is 0. The van der Waals surface area contributed by atoms with Crippen LogP contribution in [0.2, 0.25) is 0 Å². The molecule has 0 radical (unpaired) electrons. The van der Waals surface area contributed by atoms with Gasteiger partial charge in [0.05, 0.1) is 18.3 Å². The number of hydrogen-bond donors (Lipinski definition) is 2. The van der Waals surface area contributed by atoms with Crippen LogP contribution in [0.4, 0.5) is 0 Å². The molecule has 3 N–H and O–H groups in total. The predicted octanol–water partition coefficient (Wildman–Crippen LogP) is 0.0550. The summed E-state index contributed by atoms with van der Waals surface area (Å²) in [5, 5.41) is 8.74. The van der Waals surface area contributed by atoms with E-state index < -0.39 is 6.04 Å². The summed E-state index contributed by atoms with van der Waals surface area (Å²) in [4.78, 5) is 4.04. The lowest BCUT2D eigenvalue weighted by Crippen LogP contribution is -2.16. The van der Waals surface area contributed by atoms with Gasteiger partial charge in [-0.05, 0) is 12.1 Å². The van der Waals surface area contributed by atoms with E-state index in [1.807, 2.05) is 0 Å². The molecule has 0 fully saturated rings. The number of aliphatic hydroxyl groups is 1. The van der Waals surface area contributed by atoms with Crippen molar-refractivity contribution in [3.63, 3.8) is 0 Å². The molecule has 1 aromatic heterocycles. The molecular weight excluding hydrogens is 152 g/mol. The van der Waals surface area contributed by atoms with E-state index in [-0.39, 0.29) is 6.61 Å². The molecule has 0 saturated heterocycles. The van der Waals surface area contributed by atoms with Crippen LogP contribution in [0, 0.1) is 12.3 Å². The summed E-state index contributed by atoms with van der Waals surface area (Å²) in [6.07, 6.45) is 5.14. The van der Waals surface area contributed by atoms with E-state index in [4.69, 9.17) is 17.3 Å². The molecule has 12 heavy (non-hydrogen) atoms. The lowest BCUT2D eigenvalue weighted by Gasteiger charge is -2.06. The third-order valence-corrected chi connectivity index (χ3v) is 1.50. The Kier molecular flexibility index (Phi) is 2.81. The van der Waals surface area contributed by atoms with Crippen LogP contribution >= 0.6 is 0 Å². The highest BCUT2D eigenvalue weighted by Gasteiger charge is 2.04. The maximum absolute atomic E-state index is 8.74. The van der Waals surface area contributed by atoms with Gasteiger partial charge >= 0.3 is 0 Å². The molecule has 0 aliphatic heterocycles. The van der Waals surface area contributed by atoms with E-state index in [1.165, 1.54) is 0 Å². The summed E-state index contributed by atoms with van der Waals surface area (Å²) in [6, 6.07) is 4.78. The Bertz CT molecular complexity index is 304. The van der Waals surface area contributed by atoms with Crippen LogP contribution in [0.5, 0.6) is 0 Å². The fourth-order valence-electron chi connectivity index (χ4n) is 0.832. The van der Waals surface area contributed by atoms with Gasteiger partial charge in [-0.3, -0.25) is 0 Å². The van der Waals surface area contributed by atoms with Gasteiger partial charge in [0.2, 0.25) is 0 Å². The molecule has 0 aliphatic carbocycles. The number of hydrogen-bond acceptors (Lipinski definition) is 3. The van der Waals surface area contributed by atoms with Crippen LogP contribution in [0.1, 0.15) is 17.4 Å². The van der Waals surface area contributed by atoms with Gasteiger partial charge in [-0.2, -0.15) is 0 Å². The van der Waals surface area contributed by atoms with Crippen molar-refractivity contribution in [3.8, 4) is 12.3 Å². The van der Waals surface area contributed by atoms with Crippen molar-refractivity contribution in [2.45, 2.75) is 6.04 Å². The van der Waals surface area contributed by atoms with E-state index in [0.29, 0.717) is 11.4 Å². The first-order valence-corrected chi connectivity index (χ1v) is 3.58. The molecular formula is C9H10N2O. The Morgan fingerprint density at radius 3 is 3.00 bits per heavy atom. The highest BCUT2D eigenvalue weighted by Crippen LogP contribution is 2.06. The molecule has 1 atom stereocenters. The predicted molar refractivity (Wildman–Crippen MR) is 46.2 cm³/mol. The Hall–Kier alpha value is -1.37. The Balaban J connectivity index is 2.95. The second kappa shape index (κ2) is 3.86. The summed E-state index contributed by atoms with van der Waals surface area (Å²) in [5.74, 6) is 2.40. The van der Waals surface area contributed by atoms with Gasteiger partial charge in [-0.1, -0.05) is 12.0 Å². The van der Waals surface area contributed by atoms with Gasteiger partial charge < -0.3 is 10.8 Å². The van der Waals surface area contributed by atoms with E-state index >= 15 is 0 Å². The largest absolute Gasteiger partial charge is 0.394 e. The molecule has 1 rings (SSSR count). The van der Waals surface area contributed by atoms with E-state index in [1.54, 1.807) is 18.2 Å². The van der Waals surface area contributed by atoms with Crippen molar-refractivity contribution < 1.29 is 5.11 Å². The third kappa shape index (κ3) is 1.82. The topological polar surface area (TPSA) is 59.1 Å². The molecule has 0 aromatic carbocycles. The minimum atomic E-state index is -0.446. The first kappa shape index (κ1) is 8.72. The zero-order valence-electron chi connectivity index (χ0n) is 6.57. The number of aromatic nitrogens is 1. The highest BCUT2D eigenvalue weighted by atomic mass is 16.3. The van der Waals surface area contributed by atoms with Gasteiger partial charge in [0.25, 0.3) is 0 Å².